The summed E-state index contributed by atoms with van der Waals surface area (Å²) in [4.78, 5) is 0. The van der Waals surface area contributed by atoms with Gasteiger partial charge >= 0.3 is 15.6 Å². The van der Waals surface area contributed by atoms with Crippen LogP contribution in [0.25, 0.3) is 0 Å². The zero-order valence-corrected chi connectivity index (χ0v) is 10.4. The van der Waals surface area contributed by atoms with Crippen molar-refractivity contribution in [2.45, 2.75) is 32.7 Å². The van der Waals surface area contributed by atoms with Crippen molar-refractivity contribution < 1.29 is 25.8 Å². The molecule has 0 saturated carbocycles. The van der Waals surface area contributed by atoms with E-state index in [1.54, 1.807) is 19.9 Å². The van der Waals surface area contributed by atoms with Crippen molar-refractivity contribution in [3.8, 4) is 0 Å². The van der Waals surface area contributed by atoms with E-state index >= 15 is 0 Å². The Morgan fingerprint density at radius 3 is 2.24 bits per heavy atom. The lowest BCUT2D eigenvalue weighted by atomic mass is 9.81. The van der Waals surface area contributed by atoms with Crippen molar-refractivity contribution in [3.05, 3.63) is 23.5 Å². The van der Waals surface area contributed by atoms with Gasteiger partial charge in [-0.05, 0) is 19.4 Å². The lowest BCUT2D eigenvalue weighted by Crippen LogP contribution is -2.29. The smallest absolute Gasteiger partial charge is 0.380 e. The highest BCUT2D eigenvalue weighted by Crippen LogP contribution is 2.40. The van der Waals surface area contributed by atoms with Crippen molar-refractivity contribution in [2.75, 3.05) is 0 Å². The summed E-state index contributed by atoms with van der Waals surface area (Å²) in [5.41, 5.74) is -5.22. The Kier molecular flexibility index (Phi) is 3.35. The van der Waals surface area contributed by atoms with Gasteiger partial charge in [-0.15, -0.1) is 0 Å². The standard InChI is InChI=1S/C10H13F3O3S/c1-7-4-5-8(9(2,3)6-7)16-17(14,15)10(11,12)13/h4-5H,6H2,1-3H3. The first-order valence-electron chi connectivity index (χ1n) is 4.84. The molecule has 0 spiro atoms. The highest BCUT2D eigenvalue weighted by molar-refractivity contribution is 7.87. The van der Waals surface area contributed by atoms with Gasteiger partial charge in [-0.1, -0.05) is 25.5 Å². The summed E-state index contributed by atoms with van der Waals surface area (Å²) in [7, 11) is -5.58. The van der Waals surface area contributed by atoms with E-state index in [2.05, 4.69) is 4.18 Å². The van der Waals surface area contributed by atoms with E-state index in [9.17, 15) is 21.6 Å². The summed E-state index contributed by atoms with van der Waals surface area (Å²) >= 11 is 0. The summed E-state index contributed by atoms with van der Waals surface area (Å²) in [5, 5.41) is 0. The lowest BCUT2D eigenvalue weighted by molar-refractivity contribution is -0.0531. The van der Waals surface area contributed by atoms with Crippen LogP contribution in [-0.4, -0.2) is 13.9 Å². The Morgan fingerprint density at radius 2 is 1.82 bits per heavy atom. The van der Waals surface area contributed by atoms with Gasteiger partial charge < -0.3 is 4.18 Å². The van der Waals surface area contributed by atoms with Crippen LogP contribution in [-0.2, 0) is 14.3 Å². The van der Waals surface area contributed by atoms with Crippen LogP contribution in [0.1, 0.15) is 27.2 Å². The first-order valence-corrected chi connectivity index (χ1v) is 6.25. The summed E-state index contributed by atoms with van der Waals surface area (Å²) in [6.45, 7) is 5.07. The number of hydrogen-bond donors (Lipinski definition) is 0. The van der Waals surface area contributed by atoms with Crippen molar-refractivity contribution >= 4 is 10.1 Å². The number of alkyl halides is 3. The van der Waals surface area contributed by atoms with Crippen molar-refractivity contribution in [1.29, 1.82) is 0 Å². The van der Waals surface area contributed by atoms with Crippen LogP contribution in [0.2, 0.25) is 0 Å². The molecule has 7 heteroatoms. The molecule has 0 aliphatic heterocycles. The maximum absolute atomic E-state index is 12.2. The predicted molar refractivity (Wildman–Crippen MR) is 56.3 cm³/mol. The second kappa shape index (κ2) is 4.04. The molecule has 98 valence electrons. The third-order valence-electron chi connectivity index (χ3n) is 2.39. The van der Waals surface area contributed by atoms with E-state index in [1.165, 1.54) is 6.08 Å². The Hall–Kier alpha value is -0.980. The van der Waals surface area contributed by atoms with Crippen molar-refractivity contribution in [3.63, 3.8) is 0 Å². The average molecular weight is 270 g/mol. The van der Waals surface area contributed by atoms with Gasteiger partial charge in [-0.25, -0.2) is 0 Å². The van der Waals surface area contributed by atoms with Gasteiger partial charge in [0.25, 0.3) is 0 Å². The maximum Gasteiger partial charge on any atom is 0.534 e. The molecule has 0 saturated heterocycles. The molecule has 0 aromatic carbocycles. The van der Waals surface area contributed by atoms with Gasteiger partial charge in [-0.3, -0.25) is 0 Å². The minimum atomic E-state index is -5.58. The van der Waals surface area contributed by atoms with Crippen LogP contribution in [0.15, 0.2) is 23.5 Å². The topological polar surface area (TPSA) is 43.4 Å². The summed E-state index contributed by atoms with van der Waals surface area (Å²) in [6, 6.07) is 0. The normalized spacial score (nSPS) is 20.6. The molecule has 1 aliphatic rings. The van der Waals surface area contributed by atoms with Crippen LogP contribution < -0.4 is 0 Å². The molecule has 17 heavy (non-hydrogen) atoms. The number of halogens is 3. The van der Waals surface area contributed by atoms with Crippen LogP contribution in [0.5, 0.6) is 0 Å². The highest BCUT2D eigenvalue weighted by atomic mass is 32.2. The fraction of sp³-hybridized carbons (Fsp3) is 0.600. The Balaban J connectivity index is 3.05. The molecule has 0 radical (unpaired) electrons. The molecule has 0 fully saturated rings. The van der Waals surface area contributed by atoms with E-state index < -0.39 is 21.0 Å². The van der Waals surface area contributed by atoms with Gasteiger partial charge in [0.15, 0.2) is 0 Å². The molecule has 0 atom stereocenters. The van der Waals surface area contributed by atoms with Gasteiger partial charge in [0.2, 0.25) is 0 Å². The van der Waals surface area contributed by atoms with Crippen LogP contribution in [0, 0.1) is 5.41 Å². The molecular formula is C10H13F3O3S. The second-order valence-corrected chi connectivity index (χ2v) is 6.13. The molecule has 0 amide bonds. The maximum atomic E-state index is 12.2. The van der Waals surface area contributed by atoms with Gasteiger partial charge in [0, 0.05) is 5.41 Å². The zero-order valence-electron chi connectivity index (χ0n) is 9.63. The average Bonchev–Trinajstić information content (AvgIpc) is 2.07. The molecule has 0 bridgehead atoms. The molecule has 1 aliphatic carbocycles. The molecule has 0 unspecified atom stereocenters. The molecule has 1 rings (SSSR count). The van der Waals surface area contributed by atoms with Gasteiger partial charge in [0.1, 0.15) is 5.76 Å². The fourth-order valence-electron chi connectivity index (χ4n) is 1.59. The predicted octanol–water partition coefficient (Wildman–Crippen LogP) is 3.11. The minimum Gasteiger partial charge on any atom is -0.380 e. The van der Waals surface area contributed by atoms with E-state index in [0.29, 0.717) is 6.42 Å². The Morgan fingerprint density at radius 1 is 1.29 bits per heavy atom. The molecule has 0 N–H and O–H groups in total. The van der Waals surface area contributed by atoms with Crippen LogP contribution in [0.4, 0.5) is 13.2 Å². The summed E-state index contributed by atoms with van der Waals surface area (Å²) in [6.07, 6.45) is 3.26. The van der Waals surface area contributed by atoms with E-state index in [4.69, 9.17) is 0 Å². The molecule has 0 aromatic heterocycles. The Bertz CT molecular complexity index is 470. The third kappa shape index (κ3) is 3.02. The highest BCUT2D eigenvalue weighted by Gasteiger charge is 2.50. The van der Waals surface area contributed by atoms with E-state index in [0.717, 1.165) is 5.57 Å². The van der Waals surface area contributed by atoms with Crippen LogP contribution in [0.3, 0.4) is 0 Å². The van der Waals surface area contributed by atoms with Crippen LogP contribution >= 0.6 is 0 Å². The summed E-state index contributed by atoms with van der Waals surface area (Å²) < 4.78 is 62.4. The quantitative estimate of drug-likeness (QED) is 0.572. The second-order valence-electron chi connectivity index (χ2n) is 4.59. The minimum absolute atomic E-state index is 0.194. The molecule has 0 aromatic rings. The zero-order chi connectivity index (χ0) is 13.5. The molecular weight excluding hydrogens is 257 g/mol. The largest absolute Gasteiger partial charge is 0.534 e. The first-order chi connectivity index (χ1) is 7.46. The van der Waals surface area contributed by atoms with Crippen molar-refractivity contribution in [1.82, 2.24) is 0 Å². The van der Waals surface area contributed by atoms with E-state index in [-0.39, 0.29) is 5.76 Å². The lowest BCUT2D eigenvalue weighted by Gasteiger charge is -2.30. The van der Waals surface area contributed by atoms with Gasteiger partial charge in [-0.2, -0.15) is 21.6 Å². The Labute approximate surface area is 98.1 Å². The molecule has 0 heterocycles. The summed E-state index contributed by atoms with van der Waals surface area (Å²) in [5.74, 6) is -0.194. The number of allylic oxidation sites excluding steroid dienone is 4. The first kappa shape index (κ1) is 14.1. The fourth-order valence-corrected chi connectivity index (χ4v) is 2.20. The van der Waals surface area contributed by atoms with Crippen molar-refractivity contribution in [2.24, 2.45) is 5.41 Å². The van der Waals surface area contributed by atoms with E-state index in [1.807, 2.05) is 6.92 Å². The van der Waals surface area contributed by atoms with Gasteiger partial charge in [0.05, 0.1) is 0 Å². The monoisotopic (exact) mass is 270 g/mol. The number of hydrogen-bond acceptors (Lipinski definition) is 3. The molecule has 3 nitrogen and oxygen atoms in total. The third-order valence-corrected chi connectivity index (χ3v) is 3.36. The SMILES string of the molecule is CC1=CC=C(OS(=O)(=O)C(F)(F)F)C(C)(C)C1. The number of rotatable bonds is 2.